The third-order valence-electron chi connectivity index (χ3n) is 7.64. The Balaban J connectivity index is 1.29. The van der Waals surface area contributed by atoms with Gasteiger partial charge in [0.2, 0.25) is 5.91 Å². The molecule has 3 aliphatic heterocycles. The van der Waals surface area contributed by atoms with Gasteiger partial charge in [-0.15, -0.1) is 11.3 Å². The summed E-state index contributed by atoms with van der Waals surface area (Å²) in [6.07, 6.45) is -1.06. The minimum atomic E-state index is -1.79. The normalized spacial score (nSPS) is 23.7. The number of aromatic nitrogens is 1. The van der Waals surface area contributed by atoms with Crippen LogP contribution in [0.5, 0.6) is 0 Å². The molecule has 1 aromatic carbocycles. The van der Waals surface area contributed by atoms with Gasteiger partial charge in [-0.05, 0) is 38.6 Å². The molecule has 218 valence electrons. The summed E-state index contributed by atoms with van der Waals surface area (Å²) in [5.41, 5.74) is 9.07. The van der Waals surface area contributed by atoms with Crippen molar-refractivity contribution in [2.75, 3.05) is 51.3 Å². The number of nitrogens with one attached hydrogen (secondary N) is 1. The number of rotatable bonds is 8. The first-order chi connectivity index (χ1) is 19.5. The van der Waals surface area contributed by atoms with E-state index in [-0.39, 0.29) is 25.4 Å². The lowest BCUT2D eigenvalue weighted by Crippen LogP contribution is -2.53. The number of hydrogen-bond donors (Lipinski definition) is 1. The predicted octanol–water partition coefficient (Wildman–Crippen LogP) is 2.66. The van der Waals surface area contributed by atoms with Gasteiger partial charge in [0, 0.05) is 60.6 Å². The standard InChI is InChI=1S/C27H33FN8O4S/c1-27(2,28)12-18(25(39)36-13-19(32-33-29)23-22(36)21(37)14-40-23)30-24(38)17-6-4-16(5-7-17)20-15-41-26(31-20)35-10-8-34(3)9-11-35/h4-7,15,18-19,22-23H,8-14H2,1-3H3,(H,30,38)/t18-,19+,22+,23+/m0/s1. The van der Waals surface area contributed by atoms with Crippen molar-refractivity contribution in [1.82, 2.24) is 20.1 Å². The number of alkyl halides is 1. The molecule has 12 nitrogen and oxygen atoms in total. The van der Waals surface area contributed by atoms with Crippen molar-refractivity contribution in [1.29, 1.82) is 0 Å². The number of likely N-dealkylation sites (tertiary alicyclic amines) is 1. The molecule has 0 saturated carbocycles. The lowest BCUT2D eigenvalue weighted by atomic mass is 9.98. The molecule has 14 heteroatoms. The van der Waals surface area contributed by atoms with E-state index < -0.39 is 41.7 Å². The van der Waals surface area contributed by atoms with Crippen molar-refractivity contribution in [2.24, 2.45) is 5.11 Å². The van der Waals surface area contributed by atoms with Crippen LogP contribution >= 0.6 is 11.3 Å². The number of Topliss-reactive ketones (excluding diaryl/α,β-unsaturated/α-hetero) is 1. The largest absolute Gasteiger partial charge is 0.367 e. The van der Waals surface area contributed by atoms with Gasteiger partial charge in [0.1, 0.15) is 24.4 Å². The summed E-state index contributed by atoms with van der Waals surface area (Å²) in [6.45, 7) is 6.19. The number of likely N-dealkylation sites (N-methyl/N-ethyl adjacent to an activating group) is 1. The fourth-order valence-corrected chi connectivity index (χ4v) is 6.37. The Labute approximate surface area is 241 Å². The van der Waals surface area contributed by atoms with Gasteiger partial charge < -0.3 is 24.8 Å². The Kier molecular flexibility index (Phi) is 8.28. The van der Waals surface area contributed by atoms with Crippen LogP contribution in [0, 0.1) is 0 Å². The van der Waals surface area contributed by atoms with Gasteiger partial charge >= 0.3 is 0 Å². The number of ketones is 1. The molecule has 4 heterocycles. The predicted molar refractivity (Wildman–Crippen MR) is 152 cm³/mol. The summed E-state index contributed by atoms with van der Waals surface area (Å²) in [5, 5.41) is 9.30. The smallest absolute Gasteiger partial charge is 0.251 e. The van der Waals surface area contributed by atoms with Crippen LogP contribution in [-0.4, -0.2) is 109 Å². The molecule has 3 fully saturated rings. The molecule has 41 heavy (non-hydrogen) atoms. The summed E-state index contributed by atoms with van der Waals surface area (Å²) in [7, 11) is 2.10. The zero-order valence-corrected chi connectivity index (χ0v) is 24.0. The molecule has 1 aromatic heterocycles. The number of piperazine rings is 1. The number of anilines is 1. The van der Waals surface area contributed by atoms with E-state index >= 15 is 0 Å². The summed E-state index contributed by atoms with van der Waals surface area (Å²) in [4.78, 5) is 52.7. The van der Waals surface area contributed by atoms with Crippen LogP contribution in [0.1, 0.15) is 30.6 Å². The van der Waals surface area contributed by atoms with Crippen molar-refractivity contribution in [2.45, 2.75) is 50.2 Å². The van der Waals surface area contributed by atoms with Crippen LogP contribution in [0.2, 0.25) is 0 Å². The van der Waals surface area contributed by atoms with Gasteiger partial charge in [-0.1, -0.05) is 17.2 Å². The SMILES string of the molecule is CN1CCN(c2nc(-c3ccc(C(=O)N[C@@H](CC(C)(C)F)C(=O)N4C[C@@H](N=[N+]=[N-])[C@H]5OCC(=O)[C@H]54)cc3)cs2)CC1. The Morgan fingerprint density at radius 3 is 2.63 bits per heavy atom. The van der Waals surface area contributed by atoms with Gasteiger partial charge in [-0.25, -0.2) is 9.37 Å². The fraction of sp³-hybridized carbons (Fsp3) is 0.556. The summed E-state index contributed by atoms with van der Waals surface area (Å²) < 4.78 is 20.3. The van der Waals surface area contributed by atoms with E-state index in [1.54, 1.807) is 35.6 Å². The number of halogens is 1. The Bertz CT molecular complexity index is 1350. The number of carbonyl (C=O) groups is 3. The second kappa shape index (κ2) is 11.7. The molecule has 0 unspecified atom stereocenters. The molecule has 3 saturated heterocycles. The fourth-order valence-electron chi connectivity index (χ4n) is 5.48. The molecule has 2 amide bonds. The molecular weight excluding hydrogens is 551 g/mol. The first-order valence-corrected chi connectivity index (χ1v) is 14.4. The van der Waals surface area contributed by atoms with E-state index in [9.17, 15) is 18.8 Å². The Morgan fingerprint density at radius 2 is 1.98 bits per heavy atom. The molecular formula is C27H33FN8O4S. The Morgan fingerprint density at radius 1 is 1.27 bits per heavy atom. The van der Waals surface area contributed by atoms with E-state index in [4.69, 9.17) is 15.3 Å². The van der Waals surface area contributed by atoms with Crippen molar-refractivity contribution in [3.63, 3.8) is 0 Å². The number of carbonyl (C=O) groups excluding carboxylic acids is 3. The number of thiazole rings is 1. The molecule has 1 N–H and O–H groups in total. The molecule has 0 radical (unpaired) electrons. The first kappa shape index (κ1) is 28.9. The number of azide groups is 1. The molecule has 3 aliphatic rings. The molecule has 0 aliphatic carbocycles. The summed E-state index contributed by atoms with van der Waals surface area (Å²) in [5.74, 6) is -1.49. The van der Waals surface area contributed by atoms with Gasteiger partial charge in [0.25, 0.3) is 5.91 Å². The average molecular weight is 585 g/mol. The van der Waals surface area contributed by atoms with E-state index in [1.807, 2.05) is 5.38 Å². The van der Waals surface area contributed by atoms with E-state index in [0.29, 0.717) is 5.56 Å². The molecule has 2 aromatic rings. The zero-order valence-electron chi connectivity index (χ0n) is 23.2. The number of hydrogen-bond acceptors (Lipinski definition) is 9. The van der Waals surface area contributed by atoms with Crippen LogP contribution in [0.15, 0.2) is 34.8 Å². The van der Waals surface area contributed by atoms with Gasteiger partial charge in [-0.3, -0.25) is 14.4 Å². The lowest BCUT2D eigenvalue weighted by molar-refractivity contribution is -0.138. The highest BCUT2D eigenvalue weighted by Gasteiger charge is 2.53. The van der Waals surface area contributed by atoms with Crippen molar-refractivity contribution in [3.05, 3.63) is 45.7 Å². The molecule has 0 bridgehead atoms. The van der Waals surface area contributed by atoms with Crippen molar-refractivity contribution in [3.8, 4) is 11.3 Å². The van der Waals surface area contributed by atoms with Crippen LogP contribution in [0.3, 0.4) is 0 Å². The van der Waals surface area contributed by atoms with Crippen molar-refractivity contribution >= 4 is 34.1 Å². The average Bonchev–Trinajstić information content (AvgIpc) is 3.66. The molecule has 4 atom stereocenters. The highest BCUT2D eigenvalue weighted by Crippen LogP contribution is 2.32. The molecule has 5 rings (SSSR count). The second-order valence-electron chi connectivity index (χ2n) is 11.3. The number of amides is 2. The van der Waals surface area contributed by atoms with Crippen molar-refractivity contribution < 1.29 is 23.5 Å². The van der Waals surface area contributed by atoms with Crippen LogP contribution < -0.4 is 10.2 Å². The van der Waals surface area contributed by atoms with Gasteiger partial charge in [0.05, 0.1) is 17.8 Å². The first-order valence-electron chi connectivity index (χ1n) is 13.5. The maximum Gasteiger partial charge on any atom is 0.251 e. The van der Waals surface area contributed by atoms with E-state index in [1.165, 1.54) is 18.7 Å². The minimum absolute atomic E-state index is 0.0541. The minimum Gasteiger partial charge on any atom is -0.367 e. The Hall–Kier alpha value is -3.58. The summed E-state index contributed by atoms with van der Waals surface area (Å²) >= 11 is 1.58. The number of benzene rings is 1. The molecule has 0 spiro atoms. The quantitative estimate of drug-likeness (QED) is 0.285. The van der Waals surface area contributed by atoms with Crippen LogP contribution in [0.25, 0.3) is 21.7 Å². The monoisotopic (exact) mass is 584 g/mol. The van der Waals surface area contributed by atoms with Crippen LogP contribution in [-0.2, 0) is 14.3 Å². The lowest BCUT2D eigenvalue weighted by Gasteiger charge is -2.32. The van der Waals surface area contributed by atoms with Gasteiger partial charge in [0.15, 0.2) is 10.9 Å². The topological polar surface area (TPSA) is 144 Å². The zero-order chi connectivity index (χ0) is 29.3. The third kappa shape index (κ3) is 6.35. The van der Waals surface area contributed by atoms with Crippen LogP contribution in [0.4, 0.5) is 9.52 Å². The summed E-state index contributed by atoms with van der Waals surface area (Å²) in [6, 6.07) is 3.93. The second-order valence-corrected chi connectivity index (χ2v) is 12.1. The number of nitrogens with zero attached hydrogens (tertiary/aromatic N) is 7. The number of fused-ring (bicyclic) bond motifs is 1. The van der Waals surface area contributed by atoms with E-state index in [2.05, 4.69) is 32.2 Å². The highest BCUT2D eigenvalue weighted by molar-refractivity contribution is 7.14. The maximum absolute atomic E-state index is 14.8. The third-order valence-corrected chi connectivity index (χ3v) is 8.54. The number of ether oxygens (including phenoxy) is 1. The highest BCUT2D eigenvalue weighted by atomic mass is 32.1. The van der Waals surface area contributed by atoms with Gasteiger partial charge in [-0.2, -0.15) is 0 Å². The van der Waals surface area contributed by atoms with E-state index in [0.717, 1.165) is 42.6 Å². The maximum atomic E-state index is 14.8.